The number of hydrogen-bond donors (Lipinski definition) is 3. The number of carbonyl (C=O) groups excluding carboxylic acids is 2. The fraction of sp³-hybridized carbons (Fsp3) is 0.244. The fourth-order valence-electron chi connectivity index (χ4n) is 6.49. The molecule has 0 spiro atoms. The van der Waals surface area contributed by atoms with Gasteiger partial charge in [0, 0.05) is 36.4 Å². The van der Waals surface area contributed by atoms with Crippen molar-refractivity contribution in [1.29, 1.82) is 0 Å². The summed E-state index contributed by atoms with van der Waals surface area (Å²) in [6.45, 7) is 3.26. The quantitative estimate of drug-likeness (QED) is 0.135. The number of carbonyl (C=O) groups is 2. The zero-order valence-corrected chi connectivity index (χ0v) is 30.7. The van der Waals surface area contributed by atoms with Gasteiger partial charge in [-0.1, -0.05) is 78.3 Å². The van der Waals surface area contributed by atoms with Gasteiger partial charge in [0.05, 0.1) is 36.1 Å². The first kappa shape index (κ1) is 35.8. The average Bonchev–Trinajstić information content (AvgIpc) is 3.93. The Balaban J connectivity index is 1.33. The summed E-state index contributed by atoms with van der Waals surface area (Å²) in [5.74, 6) is 0.640. The van der Waals surface area contributed by atoms with E-state index in [-0.39, 0.29) is 24.5 Å². The van der Waals surface area contributed by atoms with Gasteiger partial charge in [-0.3, -0.25) is 10.1 Å². The molecular formula is C41H38ClFN8O4. The van der Waals surface area contributed by atoms with E-state index in [9.17, 15) is 14.0 Å². The van der Waals surface area contributed by atoms with Crippen LogP contribution in [0.1, 0.15) is 46.8 Å². The maximum absolute atomic E-state index is 14.7. The minimum atomic E-state index is -0.561. The van der Waals surface area contributed by atoms with Gasteiger partial charge in [0.2, 0.25) is 5.88 Å². The number of rotatable bonds is 9. The molecule has 0 unspecified atom stereocenters. The van der Waals surface area contributed by atoms with Crippen molar-refractivity contribution < 1.29 is 23.5 Å². The van der Waals surface area contributed by atoms with Crippen molar-refractivity contribution in [3.8, 4) is 17.0 Å². The van der Waals surface area contributed by atoms with Gasteiger partial charge in [0.25, 0.3) is 5.91 Å². The van der Waals surface area contributed by atoms with Crippen LogP contribution in [0.3, 0.4) is 0 Å². The number of benzene rings is 3. The van der Waals surface area contributed by atoms with Crippen molar-refractivity contribution in [3.05, 3.63) is 130 Å². The van der Waals surface area contributed by atoms with Crippen molar-refractivity contribution in [2.75, 3.05) is 28.7 Å². The Morgan fingerprint density at radius 3 is 2.42 bits per heavy atom. The monoisotopic (exact) mass is 760 g/mol. The second-order valence-electron chi connectivity index (χ2n) is 13.8. The predicted octanol–water partition coefficient (Wildman–Crippen LogP) is 7.87. The summed E-state index contributed by atoms with van der Waals surface area (Å²) >= 11 is 7.15. The molecule has 2 amide bonds. The Bertz CT molecular complexity index is 2310. The van der Waals surface area contributed by atoms with E-state index in [1.165, 1.54) is 12.3 Å². The Kier molecular flexibility index (Phi) is 10.2. The molecule has 4 heterocycles. The van der Waals surface area contributed by atoms with Gasteiger partial charge in [0.1, 0.15) is 29.1 Å². The molecule has 2 bridgehead atoms. The number of aromatic nitrogens is 4. The first-order valence-corrected chi connectivity index (χ1v) is 18.5. The van der Waals surface area contributed by atoms with Crippen LogP contribution in [0.25, 0.3) is 16.8 Å². The number of nitrogens with one attached hydrogen (secondary N) is 3. The molecule has 280 valence electrons. The van der Waals surface area contributed by atoms with Gasteiger partial charge in [-0.15, -0.1) is 0 Å². The molecule has 14 heteroatoms. The summed E-state index contributed by atoms with van der Waals surface area (Å²) in [6, 6.07) is 26.6. The molecular weight excluding hydrogens is 723 g/mol. The van der Waals surface area contributed by atoms with Gasteiger partial charge >= 0.3 is 6.09 Å². The van der Waals surface area contributed by atoms with Crippen LogP contribution < -0.4 is 25.6 Å². The van der Waals surface area contributed by atoms with Crippen LogP contribution >= 0.6 is 11.6 Å². The number of fused-ring (bicyclic) bond motifs is 2. The van der Waals surface area contributed by atoms with Gasteiger partial charge in [-0.25, -0.2) is 19.2 Å². The van der Waals surface area contributed by atoms with Crippen molar-refractivity contribution in [2.24, 2.45) is 5.92 Å². The summed E-state index contributed by atoms with van der Waals surface area (Å²) in [4.78, 5) is 37.8. The summed E-state index contributed by atoms with van der Waals surface area (Å²) in [6.07, 6.45) is 3.66. The number of amides is 2. The van der Waals surface area contributed by atoms with Crippen LogP contribution in [0.5, 0.6) is 5.88 Å². The molecule has 1 saturated carbocycles. The van der Waals surface area contributed by atoms with Crippen LogP contribution in [-0.2, 0) is 24.4 Å². The van der Waals surface area contributed by atoms with E-state index in [2.05, 4.69) is 25.8 Å². The van der Waals surface area contributed by atoms with Crippen molar-refractivity contribution >= 4 is 46.6 Å². The molecule has 3 aromatic heterocycles. The molecule has 8 rings (SSSR count). The van der Waals surface area contributed by atoms with Crippen LogP contribution in [0, 0.1) is 11.7 Å². The minimum absolute atomic E-state index is 0.0642. The molecule has 2 aliphatic rings. The number of hydrogen-bond acceptors (Lipinski definition) is 9. The second-order valence-corrected chi connectivity index (χ2v) is 14.2. The highest BCUT2D eigenvalue weighted by Crippen LogP contribution is 2.43. The maximum Gasteiger partial charge on any atom is 0.411 e. The fourth-order valence-corrected chi connectivity index (χ4v) is 6.77. The standard InChI is InChI=1S/C41H38ClFN8O4/c1-25-18-45-38(52)33-21-47-51-37(33)49-36(44-19-29-16-30(43)20-46-39(29)55-25)35(32-15-14-31(17-34(32)42)48-41(53)54-24-28-12-13-28)40(51)50(22-26-8-4-2-5-9-26)23-27-10-6-3-7-11-27/h2-11,14-17,20-21,25,28H,12-13,18-19,22-24H2,1H3,(H,44,49)(H,45,52)(H,48,53)/t25-/m0/s1. The topological polar surface area (TPSA) is 135 Å². The zero-order chi connectivity index (χ0) is 37.9. The first-order valence-electron chi connectivity index (χ1n) is 18.1. The molecule has 1 fully saturated rings. The van der Waals surface area contributed by atoms with Crippen LogP contribution in [0.2, 0.25) is 5.02 Å². The molecule has 6 aromatic rings. The molecule has 12 nitrogen and oxygen atoms in total. The normalized spacial score (nSPS) is 15.4. The summed E-state index contributed by atoms with van der Waals surface area (Å²) in [5, 5.41) is 14.2. The van der Waals surface area contributed by atoms with Gasteiger partial charge in [-0.05, 0) is 55.0 Å². The van der Waals surface area contributed by atoms with E-state index in [1.54, 1.807) is 29.6 Å². The van der Waals surface area contributed by atoms with Crippen LogP contribution in [-0.4, -0.2) is 50.8 Å². The summed E-state index contributed by atoms with van der Waals surface area (Å²) < 4.78 is 27.8. The van der Waals surface area contributed by atoms with E-state index in [1.807, 2.05) is 60.7 Å². The molecule has 3 N–H and O–H groups in total. The highest BCUT2D eigenvalue weighted by molar-refractivity contribution is 6.34. The zero-order valence-electron chi connectivity index (χ0n) is 30.0. The second kappa shape index (κ2) is 15.6. The highest BCUT2D eigenvalue weighted by Gasteiger charge is 2.29. The molecule has 55 heavy (non-hydrogen) atoms. The SMILES string of the molecule is C[C@H]1CNC(=O)c2cnn3c(N(Cc4ccccc4)Cc4ccccc4)c(-c4ccc(NC(=O)OCC5CC5)cc4Cl)c(nc23)NCc2cc(F)cnc2O1. The highest BCUT2D eigenvalue weighted by atomic mass is 35.5. The number of halogens is 2. The first-order chi connectivity index (χ1) is 26.8. The van der Waals surface area contributed by atoms with Crippen molar-refractivity contribution in [2.45, 2.75) is 45.5 Å². The van der Waals surface area contributed by atoms with Crippen LogP contribution in [0.4, 0.5) is 26.5 Å². The molecule has 1 aliphatic carbocycles. The lowest BCUT2D eigenvalue weighted by atomic mass is 10.0. The minimum Gasteiger partial charge on any atom is -0.473 e. The lowest BCUT2D eigenvalue weighted by molar-refractivity contribution is 0.0932. The predicted molar refractivity (Wildman–Crippen MR) is 208 cm³/mol. The van der Waals surface area contributed by atoms with Crippen molar-refractivity contribution in [3.63, 3.8) is 0 Å². The molecule has 3 aromatic carbocycles. The summed E-state index contributed by atoms with van der Waals surface area (Å²) in [5.41, 5.74) is 4.60. The molecule has 1 atom stereocenters. The maximum atomic E-state index is 14.7. The number of pyridine rings is 1. The van der Waals surface area contributed by atoms with Gasteiger partial charge < -0.3 is 25.0 Å². The smallest absolute Gasteiger partial charge is 0.411 e. The Morgan fingerprint density at radius 2 is 1.73 bits per heavy atom. The lowest BCUT2D eigenvalue weighted by Gasteiger charge is -2.29. The van der Waals surface area contributed by atoms with E-state index >= 15 is 0 Å². The third kappa shape index (κ3) is 8.16. The molecule has 0 radical (unpaired) electrons. The Labute approximate surface area is 321 Å². The lowest BCUT2D eigenvalue weighted by Crippen LogP contribution is -2.34. The van der Waals surface area contributed by atoms with Crippen LogP contribution in [0.15, 0.2) is 97.3 Å². The van der Waals surface area contributed by atoms with E-state index in [0.29, 0.717) is 70.3 Å². The molecule has 1 aliphatic heterocycles. The number of ether oxygens (including phenoxy) is 2. The van der Waals surface area contributed by atoms with Gasteiger partial charge in [-0.2, -0.15) is 9.61 Å². The number of anilines is 3. The van der Waals surface area contributed by atoms with E-state index in [4.69, 9.17) is 31.2 Å². The summed E-state index contributed by atoms with van der Waals surface area (Å²) in [7, 11) is 0. The largest absolute Gasteiger partial charge is 0.473 e. The van der Waals surface area contributed by atoms with Gasteiger partial charge in [0.15, 0.2) is 5.65 Å². The average molecular weight is 761 g/mol. The Hall–Kier alpha value is -6.21. The molecule has 0 saturated heterocycles. The van der Waals surface area contributed by atoms with Crippen molar-refractivity contribution in [1.82, 2.24) is 24.9 Å². The third-order valence-electron chi connectivity index (χ3n) is 9.43. The number of nitrogens with zero attached hydrogens (tertiary/aromatic N) is 5. The van der Waals surface area contributed by atoms with E-state index in [0.717, 1.165) is 30.2 Å². The third-order valence-corrected chi connectivity index (χ3v) is 9.74. The Morgan fingerprint density at radius 1 is 1.00 bits per heavy atom. The van der Waals surface area contributed by atoms with E-state index < -0.39 is 23.9 Å².